The van der Waals surface area contributed by atoms with E-state index in [9.17, 15) is 0 Å². The van der Waals surface area contributed by atoms with Crippen molar-refractivity contribution in [2.24, 2.45) is 5.10 Å². The molecule has 0 aliphatic rings. The fourth-order valence-electron chi connectivity index (χ4n) is 2.21. The van der Waals surface area contributed by atoms with Crippen molar-refractivity contribution >= 4 is 22.7 Å². The lowest BCUT2D eigenvalue weighted by Gasteiger charge is -2.04. The molecule has 0 unspecified atom stereocenters. The van der Waals surface area contributed by atoms with Gasteiger partial charge in [0.15, 0.2) is 0 Å². The van der Waals surface area contributed by atoms with Crippen LogP contribution in [0.25, 0.3) is 10.8 Å². The van der Waals surface area contributed by atoms with Crippen molar-refractivity contribution in [1.29, 1.82) is 0 Å². The molecule has 3 nitrogen and oxygen atoms in total. The van der Waals surface area contributed by atoms with Crippen LogP contribution in [0.5, 0.6) is 5.75 Å². The van der Waals surface area contributed by atoms with Gasteiger partial charge in [-0.3, -0.25) is 5.43 Å². The van der Waals surface area contributed by atoms with E-state index in [-0.39, 0.29) is 0 Å². The number of methoxy groups -OCH3 is 1. The van der Waals surface area contributed by atoms with Crippen LogP contribution in [0.4, 0.5) is 5.69 Å². The highest BCUT2D eigenvalue weighted by Gasteiger charge is 1.98. The highest BCUT2D eigenvalue weighted by molar-refractivity contribution is 5.86. The molecule has 0 radical (unpaired) electrons. The Morgan fingerprint density at radius 2 is 1.67 bits per heavy atom. The highest BCUT2D eigenvalue weighted by atomic mass is 16.5. The standard InChI is InChI=1S/C18H16N2O/c1-21-18-9-5-4-8-16(18)13-19-20-17-11-10-14-6-2-3-7-15(14)12-17/h2-13,20H,1H3/b19-13+. The Bertz CT molecular complexity index is 781. The SMILES string of the molecule is COc1ccccc1/C=N/Nc1ccc2ccccc2c1. The Morgan fingerprint density at radius 1 is 0.905 bits per heavy atom. The maximum absolute atomic E-state index is 5.29. The zero-order chi connectivity index (χ0) is 14.5. The number of nitrogens with zero attached hydrogens (tertiary/aromatic N) is 1. The fraction of sp³-hybridized carbons (Fsp3) is 0.0556. The molecule has 0 aromatic heterocycles. The van der Waals surface area contributed by atoms with Crippen LogP contribution in [-0.2, 0) is 0 Å². The third-order valence-corrected chi connectivity index (χ3v) is 3.29. The quantitative estimate of drug-likeness (QED) is 0.569. The van der Waals surface area contributed by atoms with Gasteiger partial charge in [0.2, 0.25) is 0 Å². The Morgan fingerprint density at radius 3 is 2.52 bits per heavy atom. The second kappa shape index (κ2) is 6.09. The predicted octanol–water partition coefficient (Wildman–Crippen LogP) is 4.29. The molecule has 0 saturated heterocycles. The molecule has 0 aliphatic carbocycles. The summed E-state index contributed by atoms with van der Waals surface area (Å²) in [7, 11) is 1.66. The largest absolute Gasteiger partial charge is 0.496 e. The minimum Gasteiger partial charge on any atom is -0.496 e. The maximum atomic E-state index is 5.29. The molecule has 0 bridgehead atoms. The van der Waals surface area contributed by atoms with Crippen LogP contribution in [0.15, 0.2) is 71.8 Å². The Hall–Kier alpha value is -2.81. The summed E-state index contributed by atoms with van der Waals surface area (Å²) in [5, 5.41) is 6.68. The van der Waals surface area contributed by atoms with E-state index in [1.165, 1.54) is 10.8 Å². The molecule has 0 spiro atoms. The van der Waals surface area contributed by atoms with E-state index in [2.05, 4.69) is 34.8 Å². The van der Waals surface area contributed by atoms with Crippen LogP contribution in [0.2, 0.25) is 0 Å². The molecule has 3 heteroatoms. The number of hydrogen-bond acceptors (Lipinski definition) is 3. The minimum absolute atomic E-state index is 0.807. The van der Waals surface area contributed by atoms with Gasteiger partial charge in [-0.05, 0) is 35.0 Å². The molecule has 1 N–H and O–H groups in total. The summed E-state index contributed by atoms with van der Waals surface area (Å²) in [5.41, 5.74) is 4.95. The van der Waals surface area contributed by atoms with Gasteiger partial charge in [0, 0.05) is 5.56 Å². The van der Waals surface area contributed by atoms with Crippen molar-refractivity contribution < 1.29 is 4.74 Å². The zero-order valence-electron chi connectivity index (χ0n) is 11.8. The Labute approximate surface area is 123 Å². The van der Waals surface area contributed by atoms with Crippen molar-refractivity contribution in [2.45, 2.75) is 0 Å². The molecule has 0 atom stereocenters. The molecule has 3 aromatic carbocycles. The second-order valence-electron chi connectivity index (χ2n) is 4.67. The number of nitrogens with one attached hydrogen (secondary N) is 1. The first-order valence-corrected chi connectivity index (χ1v) is 6.78. The number of anilines is 1. The number of hydrazone groups is 1. The minimum atomic E-state index is 0.807. The number of fused-ring (bicyclic) bond motifs is 1. The van der Waals surface area contributed by atoms with Gasteiger partial charge in [0.05, 0.1) is 19.0 Å². The first kappa shape index (κ1) is 13.2. The van der Waals surface area contributed by atoms with Gasteiger partial charge in [0.25, 0.3) is 0 Å². The van der Waals surface area contributed by atoms with Gasteiger partial charge >= 0.3 is 0 Å². The second-order valence-corrected chi connectivity index (χ2v) is 4.67. The lowest BCUT2D eigenvalue weighted by Crippen LogP contribution is -1.93. The zero-order valence-corrected chi connectivity index (χ0v) is 11.8. The molecular formula is C18H16N2O. The molecule has 0 heterocycles. The molecule has 3 rings (SSSR count). The summed E-state index contributed by atoms with van der Waals surface area (Å²) in [6.45, 7) is 0. The van der Waals surface area contributed by atoms with Crippen LogP contribution in [0.3, 0.4) is 0 Å². The summed E-state index contributed by atoms with van der Waals surface area (Å²) < 4.78 is 5.29. The van der Waals surface area contributed by atoms with Crippen LogP contribution >= 0.6 is 0 Å². The molecule has 0 aliphatic heterocycles. The number of rotatable bonds is 4. The van der Waals surface area contributed by atoms with Crippen molar-refractivity contribution in [3.8, 4) is 5.75 Å². The molecular weight excluding hydrogens is 260 g/mol. The average molecular weight is 276 g/mol. The Balaban J connectivity index is 1.78. The lowest BCUT2D eigenvalue weighted by atomic mass is 10.1. The van der Waals surface area contributed by atoms with E-state index in [1.807, 2.05) is 42.5 Å². The number of hydrogen-bond donors (Lipinski definition) is 1. The van der Waals surface area contributed by atoms with Gasteiger partial charge in [-0.2, -0.15) is 5.10 Å². The number of ether oxygens (including phenoxy) is 1. The fourth-order valence-corrected chi connectivity index (χ4v) is 2.21. The van der Waals surface area contributed by atoms with Crippen molar-refractivity contribution in [3.63, 3.8) is 0 Å². The van der Waals surface area contributed by atoms with E-state index >= 15 is 0 Å². The van der Waals surface area contributed by atoms with E-state index in [0.717, 1.165) is 17.0 Å². The van der Waals surface area contributed by atoms with E-state index in [0.29, 0.717) is 0 Å². The third-order valence-electron chi connectivity index (χ3n) is 3.29. The van der Waals surface area contributed by atoms with Crippen molar-refractivity contribution in [1.82, 2.24) is 0 Å². The monoisotopic (exact) mass is 276 g/mol. The molecule has 104 valence electrons. The van der Waals surface area contributed by atoms with Gasteiger partial charge in [-0.25, -0.2) is 0 Å². The molecule has 0 saturated carbocycles. The van der Waals surface area contributed by atoms with E-state index in [4.69, 9.17) is 4.74 Å². The average Bonchev–Trinajstić information content (AvgIpc) is 2.55. The summed E-state index contributed by atoms with van der Waals surface area (Å²) in [6.07, 6.45) is 1.76. The van der Waals surface area contributed by atoms with Crippen LogP contribution in [0, 0.1) is 0 Å². The van der Waals surface area contributed by atoms with E-state index < -0.39 is 0 Å². The summed E-state index contributed by atoms with van der Waals surface area (Å²) >= 11 is 0. The van der Waals surface area contributed by atoms with Gasteiger partial charge in [-0.1, -0.05) is 42.5 Å². The smallest absolute Gasteiger partial charge is 0.127 e. The first-order valence-electron chi connectivity index (χ1n) is 6.78. The van der Waals surface area contributed by atoms with Gasteiger partial charge in [0.1, 0.15) is 5.75 Å². The molecule has 0 amide bonds. The summed E-state index contributed by atoms with van der Waals surface area (Å²) in [6, 6.07) is 22.2. The topological polar surface area (TPSA) is 33.6 Å². The summed E-state index contributed by atoms with van der Waals surface area (Å²) in [4.78, 5) is 0. The van der Waals surface area contributed by atoms with E-state index in [1.54, 1.807) is 13.3 Å². The van der Waals surface area contributed by atoms with Crippen LogP contribution < -0.4 is 10.2 Å². The third kappa shape index (κ3) is 3.03. The normalized spacial score (nSPS) is 10.9. The van der Waals surface area contributed by atoms with Crippen LogP contribution in [-0.4, -0.2) is 13.3 Å². The summed E-state index contributed by atoms with van der Waals surface area (Å²) in [5.74, 6) is 0.807. The number of para-hydroxylation sites is 1. The molecule has 0 fully saturated rings. The maximum Gasteiger partial charge on any atom is 0.127 e. The molecule has 21 heavy (non-hydrogen) atoms. The van der Waals surface area contributed by atoms with Crippen molar-refractivity contribution in [2.75, 3.05) is 12.5 Å². The molecule has 3 aromatic rings. The highest BCUT2D eigenvalue weighted by Crippen LogP contribution is 2.19. The predicted molar refractivity (Wildman–Crippen MR) is 88.2 cm³/mol. The van der Waals surface area contributed by atoms with Crippen LogP contribution in [0.1, 0.15) is 5.56 Å². The van der Waals surface area contributed by atoms with Gasteiger partial charge < -0.3 is 4.74 Å². The lowest BCUT2D eigenvalue weighted by molar-refractivity contribution is 0.414. The first-order chi connectivity index (χ1) is 10.4. The van der Waals surface area contributed by atoms with Crippen molar-refractivity contribution in [3.05, 3.63) is 72.3 Å². The number of benzene rings is 3. The Kier molecular flexibility index (Phi) is 3.83. The van der Waals surface area contributed by atoms with Gasteiger partial charge in [-0.15, -0.1) is 0 Å².